The lowest BCUT2D eigenvalue weighted by Crippen LogP contribution is -3.13. The van der Waals surface area contributed by atoms with Gasteiger partial charge >= 0.3 is 0 Å². The molecule has 0 saturated carbocycles. The molecule has 27 heavy (non-hydrogen) atoms. The maximum Gasteiger partial charge on any atom is 0.274 e. The molecule has 2 aromatic heterocycles. The van der Waals surface area contributed by atoms with E-state index in [2.05, 4.69) is 33.5 Å². The second-order valence-electron chi connectivity index (χ2n) is 6.87. The molecule has 5 rings (SSSR count). The molecule has 0 atom stereocenters. The number of quaternary nitrogens is 1. The molecule has 1 aromatic carbocycles. The number of anilines is 1. The lowest BCUT2D eigenvalue weighted by Gasteiger charge is -2.27. The Balaban J connectivity index is 1.22. The van der Waals surface area contributed by atoms with Crippen molar-refractivity contribution in [3.8, 4) is 22.1 Å². The van der Waals surface area contributed by atoms with Crippen LogP contribution in [0.2, 0.25) is 0 Å². The number of benzene rings is 1. The average Bonchev–Trinajstić information content (AvgIpc) is 3.38. The van der Waals surface area contributed by atoms with Crippen molar-refractivity contribution in [3.05, 3.63) is 53.7 Å². The molecule has 0 amide bonds. The fraction of sp³-hybridized carbons (Fsp3) is 0.300. The van der Waals surface area contributed by atoms with Crippen LogP contribution in [-0.4, -0.2) is 38.0 Å². The Labute approximate surface area is 162 Å². The second kappa shape index (κ2) is 7.17. The summed E-state index contributed by atoms with van der Waals surface area (Å²) in [5, 5.41) is 3.23. The van der Waals surface area contributed by atoms with Gasteiger partial charge in [-0.05, 0) is 24.3 Å². The Bertz CT molecular complexity index is 923. The molecule has 6 nitrogen and oxygen atoms in total. The highest BCUT2D eigenvalue weighted by atomic mass is 32.1. The normalized spacial score (nSPS) is 16.7. The fourth-order valence-corrected chi connectivity index (χ4v) is 4.44. The number of hydrogen-bond acceptors (Lipinski definition) is 5. The second-order valence-corrected chi connectivity index (χ2v) is 7.73. The molecule has 7 heteroatoms. The summed E-state index contributed by atoms with van der Waals surface area (Å²) < 4.78 is 10.9. The first-order valence-electron chi connectivity index (χ1n) is 9.25. The van der Waals surface area contributed by atoms with Gasteiger partial charge in [-0.1, -0.05) is 6.07 Å². The zero-order chi connectivity index (χ0) is 18.1. The van der Waals surface area contributed by atoms with Crippen molar-refractivity contribution in [2.24, 2.45) is 0 Å². The van der Waals surface area contributed by atoms with E-state index in [0.717, 1.165) is 54.8 Å². The van der Waals surface area contributed by atoms with Gasteiger partial charge < -0.3 is 14.4 Å². The van der Waals surface area contributed by atoms with Crippen LogP contribution in [0.15, 0.2) is 48.0 Å². The number of fused-ring (bicyclic) bond motifs is 1. The Kier molecular flexibility index (Phi) is 4.39. The lowest BCUT2D eigenvalue weighted by atomic mass is 10.2. The highest BCUT2D eigenvalue weighted by Crippen LogP contribution is 2.36. The van der Waals surface area contributed by atoms with Crippen LogP contribution in [-0.2, 0) is 6.54 Å². The number of ether oxygens (including phenoxy) is 2. The maximum absolute atomic E-state index is 5.48. The van der Waals surface area contributed by atoms with Crippen LogP contribution in [0, 0.1) is 0 Å². The predicted molar refractivity (Wildman–Crippen MR) is 103 cm³/mol. The number of H-pyrrole nitrogens is 1. The molecule has 0 unspecified atom stereocenters. The van der Waals surface area contributed by atoms with E-state index in [9.17, 15) is 0 Å². The topological polar surface area (TPSA) is 53.2 Å². The fourth-order valence-electron chi connectivity index (χ4n) is 3.63. The van der Waals surface area contributed by atoms with Gasteiger partial charge in [-0.15, -0.1) is 11.3 Å². The molecular weight excluding hydrogens is 360 g/mol. The Morgan fingerprint density at radius 2 is 2.00 bits per heavy atom. The first-order valence-corrected chi connectivity index (χ1v) is 10.1. The van der Waals surface area contributed by atoms with E-state index < -0.39 is 0 Å². The van der Waals surface area contributed by atoms with E-state index in [1.54, 1.807) is 16.2 Å². The number of pyridine rings is 1. The van der Waals surface area contributed by atoms with Crippen molar-refractivity contribution in [3.63, 3.8) is 0 Å². The third-order valence-corrected chi connectivity index (χ3v) is 6.05. The number of aromatic nitrogens is 2. The molecule has 1 fully saturated rings. The van der Waals surface area contributed by atoms with Crippen LogP contribution >= 0.6 is 11.3 Å². The zero-order valence-electron chi connectivity index (χ0n) is 15.0. The minimum atomic E-state index is 0.304. The van der Waals surface area contributed by atoms with Crippen LogP contribution in [0.25, 0.3) is 10.6 Å². The van der Waals surface area contributed by atoms with E-state index in [1.807, 2.05) is 24.4 Å². The molecule has 2 N–H and O–H groups in total. The van der Waals surface area contributed by atoms with Crippen LogP contribution in [0.1, 0.15) is 5.69 Å². The summed E-state index contributed by atoms with van der Waals surface area (Å²) in [6, 6.07) is 12.3. The SMILES string of the molecule is c1ccc(N2CC[NH+](Cc3csc(-c4ccc5c(c4)OCO5)n3)CC2)[nH+]c1. The van der Waals surface area contributed by atoms with E-state index in [-0.39, 0.29) is 0 Å². The quantitative estimate of drug-likeness (QED) is 0.738. The summed E-state index contributed by atoms with van der Waals surface area (Å²) in [6.45, 7) is 5.66. The molecule has 0 bridgehead atoms. The van der Waals surface area contributed by atoms with Crippen LogP contribution < -0.4 is 24.3 Å². The molecule has 2 aliphatic rings. The number of hydrogen-bond donors (Lipinski definition) is 1. The van der Waals surface area contributed by atoms with Gasteiger partial charge in [0.25, 0.3) is 5.82 Å². The first-order chi connectivity index (χ1) is 13.3. The number of rotatable bonds is 4. The van der Waals surface area contributed by atoms with E-state index in [4.69, 9.17) is 14.5 Å². The van der Waals surface area contributed by atoms with Gasteiger partial charge in [-0.25, -0.2) is 9.97 Å². The summed E-state index contributed by atoms with van der Waals surface area (Å²) in [5.74, 6) is 2.83. The average molecular weight is 382 g/mol. The van der Waals surface area contributed by atoms with Crippen molar-refractivity contribution in [2.45, 2.75) is 6.54 Å². The number of thiazole rings is 1. The number of nitrogens with zero attached hydrogens (tertiary/aromatic N) is 2. The molecule has 2 aliphatic heterocycles. The molecule has 1 saturated heterocycles. The van der Waals surface area contributed by atoms with Gasteiger partial charge in [0.15, 0.2) is 11.5 Å². The lowest BCUT2D eigenvalue weighted by molar-refractivity contribution is -0.914. The van der Waals surface area contributed by atoms with Gasteiger partial charge in [0.2, 0.25) is 6.79 Å². The van der Waals surface area contributed by atoms with Gasteiger partial charge in [0.1, 0.15) is 43.4 Å². The number of piperazine rings is 1. The number of nitrogens with one attached hydrogen (secondary N) is 2. The molecular formula is C20H22N4O2S+2. The van der Waals surface area contributed by atoms with E-state index >= 15 is 0 Å². The summed E-state index contributed by atoms with van der Waals surface area (Å²) in [6.07, 6.45) is 1.99. The minimum Gasteiger partial charge on any atom is -0.454 e. The maximum atomic E-state index is 5.48. The Hall–Kier alpha value is -2.64. The Morgan fingerprint density at radius 3 is 2.85 bits per heavy atom. The van der Waals surface area contributed by atoms with Gasteiger partial charge in [0, 0.05) is 17.0 Å². The molecule has 0 radical (unpaired) electrons. The van der Waals surface area contributed by atoms with E-state index in [0.29, 0.717) is 6.79 Å². The van der Waals surface area contributed by atoms with Crippen LogP contribution in [0.4, 0.5) is 5.82 Å². The van der Waals surface area contributed by atoms with Crippen molar-refractivity contribution in [2.75, 3.05) is 37.9 Å². The van der Waals surface area contributed by atoms with Crippen molar-refractivity contribution in [1.82, 2.24) is 4.98 Å². The monoisotopic (exact) mass is 382 g/mol. The third-order valence-electron chi connectivity index (χ3n) is 5.11. The predicted octanol–water partition coefficient (Wildman–Crippen LogP) is 1.26. The summed E-state index contributed by atoms with van der Waals surface area (Å²) in [4.78, 5) is 12.2. The minimum absolute atomic E-state index is 0.304. The third kappa shape index (κ3) is 3.48. The smallest absolute Gasteiger partial charge is 0.274 e. The highest BCUT2D eigenvalue weighted by molar-refractivity contribution is 7.13. The zero-order valence-corrected chi connectivity index (χ0v) is 15.8. The molecule has 0 aliphatic carbocycles. The first kappa shape index (κ1) is 16.5. The standard InChI is InChI=1S/C20H20N4O2S/c1-2-6-21-19(3-1)24-9-7-23(8-10-24)12-16-13-27-20(22-16)15-4-5-17-18(11-15)26-14-25-17/h1-6,11,13H,7-10,12,14H2/p+2. The Morgan fingerprint density at radius 1 is 1.11 bits per heavy atom. The molecule has 3 aromatic rings. The van der Waals surface area contributed by atoms with Crippen molar-refractivity contribution < 1.29 is 19.4 Å². The van der Waals surface area contributed by atoms with Crippen LogP contribution in [0.3, 0.4) is 0 Å². The summed E-state index contributed by atoms with van der Waals surface area (Å²) in [5.41, 5.74) is 2.26. The summed E-state index contributed by atoms with van der Waals surface area (Å²) in [7, 11) is 0. The van der Waals surface area contributed by atoms with Gasteiger partial charge in [0.05, 0.1) is 6.20 Å². The van der Waals surface area contributed by atoms with Crippen molar-refractivity contribution >= 4 is 17.2 Å². The highest BCUT2D eigenvalue weighted by Gasteiger charge is 2.26. The largest absolute Gasteiger partial charge is 0.454 e. The van der Waals surface area contributed by atoms with Gasteiger partial charge in [-0.3, -0.25) is 4.90 Å². The van der Waals surface area contributed by atoms with Gasteiger partial charge in [-0.2, -0.15) is 0 Å². The molecule has 0 spiro atoms. The van der Waals surface area contributed by atoms with E-state index in [1.165, 1.54) is 11.5 Å². The molecule has 138 valence electrons. The molecule has 4 heterocycles. The number of aromatic amines is 1. The van der Waals surface area contributed by atoms with Crippen LogP contribution in [0.5, 0.6) is 11.5 Å². The summed E-state index contributed by atoms with van der Waals surface area (Å²) >= 11 is 1.70. The van der Waals surface area contributed by atoms with Crippen molar-refractivity contribution in [1.29, 1.82) is 0 Å².